The Bertz CT molecular complexity index is 127. The molecule has 80 valence electrons. The minimum atomic E-state index is -0.250. The van der Waals surface area contributed by atoms with Gasteiger partial charge in [0.15, 0.2) is 0 Å². The van der Waals surface area contributed by atoms with Gasteiger partial charge in [0, 0.05) is 5.54 Å². The molecule has 0 unspecified atom stereocenters. The summed E-state index contributed by atoms with van der Waals surface area (Å²) in [5, 5.41) is 6.89. The van der Waals surface area contributed by atoms with E-state index in [1.807, 2.05) is 0 Å². The van der Waals surface area contributed by atoms with Crippen LogP contribution in [0.4, 0.5) is 0 Å². The first-order valence-electron chi connectivity index (χ1n) is 4.55. The van der Waals surface area contributed by atoms with Crippen LogP contribution >= 0.6 is 12.4 Å². The molecule has 0 spiro atoms. The number of rotatable bonds is 4. The van der Waals surface area contributed by atoms with Crippen molar-refractivity contribution in [1.82, 2.24) is 0 Å². The maximum atomic E-state index is 8.36. The largest absolute Gasteiger partial charge is 0.483 e. The summed E-state index contributed by atoms with van der Waals surface area (Å²) >= 11 is 0. The number of carbonyl (C=O) groups is 1. The van der Waals surface area contributed by atoms with Crippen molar-refractivity contribution in [3.8, 4) is 0 Å². The molecule has 0 aromatic carbocycles. The van der Waals surface area contributed by atoms with Crippen molar-refractivity contribution in [3.63, 3.8) is 0 Å². The molecule has 0 heterocycles. The number of halogens is 1. The molecule has 0 radical (unpaired) electrons. The fourth-order valence-corrected chi connectivity index (χ4v) is 1.14. The highest BCUT2D eigenvalue weighted by atomic mass is 35.5. The Kier molecular flexibility index (Phi) is 9.74. The molecule has 0 aromatic rings. The van der Waals surface area contributed by atoms with E-state index in [1.54, 1.807) is 0 Å². The van der Waals surface area contributed by atoms with Gasteiger partial charge in [-0.1, -0.05) is 26.2 Å². The third kappa shape index (κ3) is 9.64. The zero-order valence-corrected chi connectivity index (χ0v) is 8.98. The minimum absolute atomic E-state index is 0. The summed E-state index contributed by atoms with van der Waals surface area (Å²) < 4.78 is 0. The Hall–Kier alpha value is -0.280. The van der Waals surface area contributed by atoms with Crippen LogP contribution in [0.15, 0.2) is 0 Å². The molecule has 13 heavy (non-hydrogen) atoms. The molecule has 0 atom stereocenters. The maximum Gasteiger partial charge on any atom is 0.290 e. The lowest BCUT2D eigenvalue weighted by Gasteiger charge is -2.05. The highest BCUT2D eigenvalue weighted by molar-refractivity contribution is 5.85. The smallest absolute Gasteiger partial charge is 0.290 e. The highest BCUT2D eigenvalue weighted by Gasteiger charge is 2.36. The zero-order valence-electron chi connectivity index (χ0n) is 8.16. The van der Waals surface area contributed by atoms with Gasteiger partial charge in [0.25, 0.3) is 6.47 Å². The van der Waals surface area contributed by atoms with E-state index in [1.165, 1.54) is 38.5 Å². The van der Waals surface area contributed by atoms with Crippen LogP contribution in [0.3, 0.4) is 0 Å². The van der Waals surface area contributed by atoms with E-state index in [2.05, 4.69) is 6.92 Å². The van der Waals surface area contributed by atoms with Crippen molar-refractivity contribution >= 4 is 18.9 Å². The maximum absolute atomic E-state index is 8.36. The second kappa shape index (κ2) is 8.32. The number of hydrogen-bond acceptors (Lipinski definition) is 2. The Balaban J connectivity index is 0. The lowest BCUT2D eigenvalue weighted by molar-refractivity contribution is -0.122. The first-order chi connectivity index (χ1) is 5.68. The predicted octanol–water partition coefficient (Wildman–Crippen LogP) is 2.18. The first-order valence-corrected chi connectivity index (χ1v) is 4.55. The van der Waals surface area contributed by atoms with Gasteiger partial charge in [-0.2, -0.15) is 0 Å². The summed E-state index contributed by atoms with van der Waals surface area (Å²) in [4.78, 5) is 8.36. The molecule has 1 saturated carbocycles. The van der Waals surface area contributed by atoms with Crippen LogP contribution in [0, 0.1) is 0 Å². The third-order valence-corrected chi connectivity index (χ3v) is 2.17. The zero-order chi connectivity index (χ0) is 9.45. The summed E-state index contributed by atoms with van der Waals surface area (Å²) in [5.74, 6) is 0. The molecule has 0 aliphatic heterocycles. The molecule has 1 fully saturated rings. The average Bonchev–Trinajstić information content (AvgIpc) is 2.71. The number of hydrogen-bond donors (Lipinski definition) is 2. The van der Waals surface area contributed by atoms with Gasteiger partial charge in [-0.25, -0.2) is 0 Å². The van der Waals surface area contributed by atoms with Gasteiger partial charge in [-0.3, -0.25) is 4.79 Å². The molecule has 3 nitrogen and oxygen atoms in total. The molecule has 0 amide bonds. The number of unbranched alkanes of at least 4 members (excludes halogenated alkanes) is 2. The Morgan fingerprint density at radius 2 is 1.92 bits per heavy atom. The van der Waals surface area contributed by atoms with Gasteiger partial charge in [0.2, 0.25) is 0 Å². The van der Waals surface area contributed by atoms with Crippen LogP contribution in [-0.4, -0.2) is 17.1 Å². The first kappa shape index (κ1) is 15.2. The van der Waals surface area contributed by atoms with Gasteiger partial charge in [-0.05, 0) is 19.3 Å². The molecule has 0 saturated heterocycles. The monoisotopic (exact) mass is 209 g/mol. The average molecular weight is 210 g/mol. The molecule has 1 rings (SSSR count). The molecule has 1 aliphatic carbocycles. The lowest BCUT2D eigenvalue weighted by atomic mass is 10.1. The summed E-state index contributed by atoms with van der Waals surface area (Å²) in [5.41, 5.74) is 6.19. The van der Waals surface area contributed by atoms with Crippen molar-refractivity contribution < 1.29 is 9.90 Å². The molecular formula is C9H20ClNO2. The SMILES string of the molecule is CCCCCC1(N)CC1.Cl.O=CO. The standard InChI is InChI=1S/C8H17N.CH2O2.ClH/c1-2-3-4-5-8(9)6-7-8;2-1-3;/h2-7,9H2,1H3;1H,(H,2,3);1H. The van der Waals surface area contributed by atoms with Crippen LogP contribution < -0.4 is 5.73 Å². The normalized spacial score (nSPS) is 16.2. The number of carboxylic acid groups (broad SMARTS) is 1. The van der Waals surface area contributed by atoms with E-state index in [4.69, 9.17) is 15.6 Å². The van der Waals surface area contributed by atoms with E-state index >= 15 is 0 Å². The van der Waals surface area contributed by atoms with Crippen LogP contribution in [-0.2, 0) is 4.79 Å². The second-order valence-corrected chi connectivity index (χ2v) is 3.42. The summed E-state index contributed by atoms with van der Waals surface area (Å²) in [6, 6.07) is 0. The summed E-state index contributed by atoms with van der Waals surface area (Å²) in [6.45, 7) is 1.98. The predicted molar refractivity (Wildman–Crippen MR) is 56.2 cm³/mol. The van der Waals surface area contributed by atoms with E-state index < -0.39 is 0 Å². The van der Waals surface area contributed by atoms with Gasteiger partial charge in [0.1, 0.15) is 0 Å². The van der Waals surface area contributed by atoms with Crippen molar-refractivity contribution in [2.45, 2.75) is 51.0 Å². The molecule has 3 N–H and O–H groups in total. The van der Waals surface area contributed by atoms with E-state index in [9.17, 15) is 0 Å². The fourth-order valence-electron chi connectivity index (χ4n) is 1.14. The van der Waals surface area contributed by atoms with Crippen molar-refractivity contribution in [2.75, 3.05) is 0 Å². The summed E-state index contributed by atoms with van der Waals surface area (Å²) in [7, 11) is 0. The van der Waals surface area contributed by atoms with Crippen molar-refractivity contribution in [2.24, 2.45) is 5.73 Å². The van der Waals surface area contributed by atoms with E-state index in [0.29, 0.717) is 5.54 Å². The minimum Gasteiger partial charge on any atom is -0.483 e. The van der Waals surface area contributed by atoms with E-state index in [-0.39, 0.29) is 18.9 Å². The molecule has 1 aliphatic rings. The third-order valence-electron chi connectivity index (χ3n) is 2.17. The second-order valence-electron chi connectivity index (χ2n) is 3.42. The lowest BCUT2D eigenvalue weighted by Crippen LogP contribution is -2.20. The van der Waals surface area contributed by atoms with Gasteiger partial charge in [0.05, 0.1) is 0 Å². The van der Waals surface area contributed by atoms with Crippen LogP contribution in [0.2, 0.25) is 0 Å². The van der Waals surface area contributed by atoms with Gasteiger partial charge in [-0.15, -0.1) is 12.4 Å². The summed E-state index contributed by atoms with van der Waals surface area (Å²) in [6.07, 6.45) is 7.83. The Morgan fingerprint density at radius 3 is 2.23 bits per heavy atom. The van der Waals surface area contributed by atoms with Crippen molar-refractivity contribution in [1.29, 1.82) is 0 Å². The van der Waals surface area contributed by atoms with Crippen molar-refractivity contribution in [3.05, 3.63) is 0 Å². The molecule has 4 heteroatoms. The van der Waals surface area contributed by atoms with E-state index in [0.717, 1.165) is 0 Å². The topological polar surface area (TPSA) is 63.3 Å². The Labute approximate surface area is 86.1 Å². The van der Waals surface area contributed by atoms with Crippen LogP contribution in [0.25, 0.3) is 0 Å². The quantitative estimate of drug-likeness (QED) is 0.551. The molecule has 0 bridgehead atoms. The van der Waals surface area contributed by atoms with Gasteiger partial charge < -0.3 is 10.8 Å². The van der Waals surface area contributed by atoms with Crippen LogP contribution in [0.5, 0.6) is 0 Å². The fraction of sp³-hybridized carbons (Fsp3) is 0.889. The highest BCUT2D eigenvalue weighted by Crippen LogP contribution is 2.36. The van der Waals surface area contributed by atoms with Gasteiger partial charge >= 0.3 is 0 Å². The Morgan fingerprint density at radius 1 is 1.46 bits per heavy atom. The number of nitrogens with two attached hydrogens (primary N) is 1. The molecule has 0 aromatic heterocycles. The molecular weight excluding hydrogens is 190 g/mol. The van der Waals surface area contributed by atoms with Crippen LogP contribution in [0.1, 0.15) is 45.4 Å².